The summed E-state index contributed by atoms with van der Waals surface area (Å²) < 4.78 is 38.0. The summed E-state index contributed by atoms with van der Waals surface area (Å²) in [4.78, 5) is 90.5. The number of nitrogens with one attached hydrogen (secondary N) is 2. The van der Waals surface area contributed by atoms with Crippen LogP contribution < -0.4 is 27.7 Å². The second-order valence-corrected chi connectivity index (χ2v) is 42.4. The number of carbonyl (C=O) groups is 4. The Morgan fingerprint density at radius 2 is 0.841 bits per heavy atom. The van der Waals surface area contributed by atoms with Crippen LogP contribution in [0.4, 0.5) is 0 Å². The zero-order chi connectivity index (χ0) is 101. The van der Waals surface area contributed by atoms with E-state index >= 15 is 0 Å². The Kier molecular flexibility index (Phi) is 71.0. The molecule has 25 nitrogen and oxygen atoms in total. The van der Waals surface area contributed by atoms with Crippen molar-refractivity contribution in [1.29, 1.82) is 0 Å². The fourth-order valence-corrected chi connectivity index (χ4v) is 13.3. The number of nitrogens with two attached hydrogens (primary N) is 1. The molecule has 0 bridgehead atoms. The summed E-state index contributed by atoms with van der Waals surface area (Å²) in [5, 5.41) is 28.6. The Hall–Kier alpha value is -6.45. The SMILES string of the molecule is C.C.C.COC(OC)N(C)C.COc1cnc(Cl)c2cc(Cl)ccc12.Cc1ccc(Cl)cc1C(=O)Cl.Cc1ccc(Cl)cc1C(=O)N=CN(C)C.Cc1ccc(Cl)cc1C(=O)O.Cc1ccc(Cl)cc1C(N)=O.Clc1ccc2c(Br)cnc(Cl)c2c1.N.O.O=P(Cl)(Cl)Cl.O=S(Cl)Cl.O=c1[nH]cc(Br)c2ccc(Cl)cc12.O=c1[nH]ccc2ccc(Cl)cc12.Oc1cnc(Cl)c2cc(Cl)ccc12.[B]=NS. The summed E-state index contributed by atoms with van der Waals surface area (Å²) in [6.07, 6.45) is 9.10. The van der Waals surface area contributed by atoms with Crippen LogP contribution in [-0.2, 0) is 23.3 Å². The Morgan fingerprint density at radius 1 is 0.514 bits per heavy atom. The van der Waals surface area contributed by atoms with Gasteiger partial charge in [-0.3, -0.25) is 33.4 Å². The van der Waals surface area contributed by atoms with Gasteiger partial charge in [0.25, 0.3) is 22.3 Å². The second-order valence-electron chi connectivity index (χ2n) is 25.9. The fourth-order valence-electron chi connectivity index (χ4n) is 10.1. The molecule has 0 aliphatic heterocycles. The number of aromatic amines is 2. The minimum absolute atomic E-state index is 0. The van der Waals surface area contributed by atoms with Gasteiger partial charge in [0.2, 0.25) is 21.5 Å². The third-order valence-electron chi connectivity index (χ3n) is 16.0. The number of aromatic carboxylic acids is 1. The number of ether oxygens (including phenoxy) is 3. The number of thiol groups is 1. The van der Waals surface area contributed by atoms with E-state index < -0.39 is 31.5 Å². The molecule has 11 N–H and O–H groups in total. The van der Waals surface area contributed by atoms with E-state index in [0.717, 1.165) is 63.5 Å². The number of aromatic hydroxyl groups is 1. The molecule has 9 aromatic carbocycles. The van der Waals surface area contributed by atoms with Crippen molar-refractivity contribution in [2.24, 2.45) is 15.0 Å². The standard InChI is InChI=1S/C11H13ClN2O.C10H7Cl2NO.C9H4BrCl2N.C9H5BrClNO.C9H5Cl2NO.C9H6ClNO.C8H6Cl2O.C8H8ClNO.C8H7ClO2.C5H13NO2.3CH4.BHNS.Cl3OP.Cl2OS.H3N.H2O/c1-8-4-5-9(12)6-10(8)11(15)13-7-14(2)3;1-14-9-5-13-10(12)8-4-6(11)2-3-7(8)9;10-8-4-13-9(12)7-3-5(11)1-2-6(7)8;10-8-4-12-9(13)7-3-5(11)1-2-6(7)8;10-5-1-2-6-7(3-5)9(11)12-4-8(6)13;10-7-2-1-6-3-4-11-9(12)8(6)5-7;3*1-5-2-3-6(9)4-7(5)8(10)11;1-6(2)5(7-3)8-4;;;;1-2-3;1-5(2,3)4;1-4(2)3;;/h4-7H,1-3H3;2-5H,1H3;1-4H;1-4H,(H,12,13);1-4,13H;1-5H,(H,11,12);2-4H,1H3;2-4H,1H3,(H2,10,11);2-4H,1H3,(H,10,11);5H,1-4H3;3*1H4;3H;;;1H3;1H2. The van der Waals surface area contributed by atoms with Crippen LogP contribution in [0.15, 0.2) is 229 Å². The van der Waals surface area contributed by atoms with Gasteiger partial charge in [-0.25, -0.2) is 24.0 Å². The minimum atomic E-state index is -3.22. The van der Waals surface area contributed by atoms with Crippen molar-refractivity contribution < 1.29 is 57.9 Å². The molecule has 5 heterocycles. The number of pyridine rings is 5. The number of carboxylic acid groups (broad SMARTS) is 1. The monoisotopic (exact) mass is 2430 g/mol. The Labute approximate surface area is 913 Å². The van der Waals surface area contributed by atoms with Gasteiger partial charge in [-0.05, 0) is 274 Å². The van der Waals surface area contributed by atoms with Crippen LogP contribution in [0.1, 0.15) is 86.0 Å². The molecule has 0 atom stereocenters. The third kappa shape index (κ3) is 51.7. The molecule has 0 saturated heterocycles. The number of aromatic nitrogens is 5. The number of nitrogens with zero attached hydrogens (tertiary/aromatic N) is 7. The zero-order valence-corrected chi connectivity index (χ0v) is 91.3. The van der Waals surface area contributed by atoms with Crippen LogP contribution >= 0.6 is 256 Å². The number of H-pyrrole nitrogens is 2. The first-order valence-electron chi connectivity index (χ1n) is 36.3. The van der Waals surface area contributed by atoms with E-state index in [1.165, 1.54) is 18.6 Å². The van der Waals surface area contributed by atoms with Crippen LogP contribution in [0.5, 0.6) is 11.5 Å². The van der Waals surface area contributed by atoms with Gasteiger partial charge in [0.15, 0.2) is 0 Å². The average Bonchev–Trinajstić information content (AvgIpc) is 0.814. The summed E-state index contributed by atoms with van der Waals surface area (Å²) in [6, 6.07) is 48.5. The van der Waals surface area contributed by atoms with Gasteiger partial charge < -0.3 is 56.7 Å². The summed E-state index contributed by atoms with van der Waals surface area (Å²) >= 11 is 98.4. The summed E-state index contributed by atoms with van der Waals surface area (Å²) in [5.41, 5.74) is 9.91. The molecule has 138 heavy (non-hydrogen) atoms. The van der Waals surface area contributed by atoms with E-state index in [4.69, 9.17) is 180 Å². The van der Waals surface area contributed by atoms with Crippen molar-refractivity contribution in [1.82, 2.24) is 40.9 Å². The molecular weight excluding hydrogens is 2350 g/mol. The molecule has 14 rings (SSSR count). The summed E-state index contributed by atoms with van der Waals surface area (Å²) in [7, 11) is 23.9. The molecular formula is C89H92BBr2Cl18N11O14PS2. The molecule has 0 saturated carbocycles. The summed E-state index contributed by atoms with van der Waals surface area (Å²) in [6.45, 7) is 7.22. The normalized spacial score (nSPS) is 9.87. The van der Waals surface area contributed by atoms with Crippen LogP contribution in [0.25, 0.3) is 53.9 Å². The number of rotatable bonds is 9. The van der Waals surface area contributed by atoms with Gasteiger partial charge >= 0.3 is 35.9 Å². The number of carboxylic acids is 1. The van der Waals surface area contributed by atoms with Crippen molar-refractivity contribution in [3.63, 3.8) is 0 Å². The van der Waals surface area contributed by atoms with Crippen molar-refractivity contribution in [3.8, 4) is 11.5 Å². The molecule has 747 valence electrons. The van der Waals surface area contributed by atoms with Gasteiger partial charge in [0, 0.05) is 188 Å². The Balaban J connectivity index is -0.000000712. The number of methoxy groups -OCH3 is 3. The van der Waals surface area contributed by atoms with Crippen molar-refractivity contribution >= 4 is 356 Å². The van der Waals surface area contributed by atoms with E-state index in [2.05, 4.69) is 142 Å². The van der Waals surface area contributed by atoms with Gasteiger partial charge in [-0.15, -0.1) is 0 Å². The Bertz CT molecular complexity index is 6330. The predicted molar refractivity (Wildman–Crippen MR) is 597 cm³/mol. The number of aryl methyl sites for hydroxylation is 4. The first kappa shape index (κ1) is 138. The third-order valence-corrected chi connectivity index (χ3v) is 20.5. The molecule has 1 radical (unpaired) electrons. The average molecular weight is 2440 g/mol. The number of carbonyl (C=O) groups excluding carboxylic acids is 3. The van der Waals surface area contributed by atoms with Gasteiger partial charge in [0.1, 0.15) is 27.0 Å². The number of halogens is 20. The first-order chi connectivity index (χ1) is 62.2. The van der Waals surface area contributed by atoms with Crippen molar-refractivity contribution in [3.05, 3.63) is 336 Å². The maximum absolute atomic E-state index is 11.6. The number of amides is 2. The molecule has 2 amide bonds. The predicted octanol–water partition coefficient (Wildman–Crippen LogP) is 31.1. The number of aliphatic imine (C=N–C) groups is 1. The summed E-state index contributed by atoms with van der Waals surface area (Å²) in [5.74, 6) is -0.851. The van der Waals surface area contributed by atoms with Crippen molar-refractivity contribution in [2.75, 3.05) is 49.5 Å². The zero-order valence-electron chi connectivity index (χ0n) is 71.9. The van der Waals surface area contributed by atoms with E-state index in [1.54, 1.807) is 185 Å². The molecule has 0 aliphatic carbocycles. The Morgan fingerprint density at radius 3 is 1.22 bits per heavy atom. The molecule has 0 unspecified atom stereocenters. The van der Waals surface area contributed by atoms with E-state index in [1.807, 2.05) is 90.3 Å². The van der Waals surface area contributed by atoms with Crippen LogP contribution in [-0.4, -0.2) is 148 Å². The van der Waals surface area contributed by atoms with Crippen molar-refractivity contribution in [2.45, 2.75) is 56.4 Å². The fraction of sp³-hybridized carbons (Fsp3) is 0.169. The van der Waals surface area contributed by atoms with Gasteiger partial charge in [0.05, 0.1) is 31.4 Å². The quantitative estimate of drug-likeness (QED) is 0.0103. The molecule has 0 spiro atoms. The van der Waals surface area contributed by atoms with Crippen LogP contribution in [0.3, 0.4) is 0 Å². The second kappa shape index (κ2) is 71.1. The van der Waals surface area contributed by atoms with Gasteiger partial charge in [-0.1, -0.05) is 204 Å². The number of fused-ring (bicyclic) bond motifs is 5. The van der Waals surface area contributed by atoms with Crippen LogP contribution in [0.2, 0.25) is 60.7 Å². The number of hydrogen-bond donors (Lipinski definition) is 7. The molecule has 14 aromatic rings. The molecule has 49 heteroatoms. The molecule has 5 aromatic heterocycles. The molecule has 0 fully saturated rings. The number of benzene rings is 9. The van der Waals surface area contributed by atoms with E-state index in [0.29, 0.717) is 105 Å². The maximum atomic E-state index is 11.6. The number of hydrogen-bond acceptors (Lipinski definition) is 19. The van der Waals surface area contributed by atoms with Gasteiger partial charge in [-0.2, -0.15) is 4.99 Å². The molecule has 0 aliphatic rings. The number of primary amides is 1. The van der Waals surface area contributed by atoms with E-state index in [9.17, 15) is 38.4 Å². The van der Waals surface area contributed by atoms with Crippen LogP contribution in [0, 0.1) is 27.7 Å². The van der Waals surface area contributed by atoms with E-state index in [-0.39, 0.29) is 68.7 Å². The first-order valence-corrected chi connectivity index (χ1v) is 50.4. The topological polar surface area (TPSA) is 399 Å².